The number of cyclic esters (lactones) is 1. The van der Waals surface area contributed by atoms with Crippen molar-refractivity contribution >= 4 is 16.9 Å². The van der Waals surface area contributed by atoms with Crippen LogP contribution in [0.4, 0.5) is 0 Å². The fourth-order valence-corrected chi connectivity index (χ4v) is 4.73. The third-order valence-electron chi connectivity index (χ3n) is 6.56. The molecule has 1 N–H and O–H groups in total. The molecule has 0 spiro atoms. The average Bonchev–Trinajstić information content (AvgIpc) is 3.46. The van der Waals surface area contributed by atoms with Gasteiger partial charge in [0.2, 0.25) is 5.95 Å². The van der Waals surface area contributed by atoms with Crippen LogP contribution in [0.1, 0.15) is 44.4 Å². The number of nitriles is 1. The molecule has 1 atom stereocenters. The Hall–Kier alpha value is -4.06. The summed E-state index contributed by atoms with van der Waals surface area (Å²) in [5.74, 6) is 0.310. The summed E-state index contributed by atoms with van der Waals surface area (Å²) in [6.45, 7) is 2.20. The van der Waals surface area contributed by atoms with Crippen molar-refractivity contribution in [3.63, 3.8) is 0 Å². The van der Waals surface area contributed by atoms with E-state index in [4.69, 9.17) is 15.0 Å². The van der Waals surface area contributed by atoms with Crippen LogP contribution in [-0.2, 0) is 24.3 Å². The van der Waals surface area contributed by atoms with Gasteiger partial charge in [-0.15, -0.1) is 0 Å². The number of carbonyl (C=O) groups is 1. The summed E-state index contributed by atoms with van der Waals surface area (Å²) in [6, 6.07) is 15.1. The van der Waals surface area contributed by atoms with E-state index >= 15 is 0 Å². The van der Waals surface area contributed by atoms with Gasteiger partial charge in [0.1, 0.15) is 6.61 Å². The molecule has 8 heteroatoms. The molecule has 2 aromatic heterocycles. The second-order valence-electron chi connectivity index (χ2n) is 8.71. The number of esters is 1. The van der Waals surface area contributed by atoms with E-state index < -0.39 is 6.10 Å². The summed E-state index contributed by atoms with van der Waals surface area (Å²) in [4.78, 5) is 23.3. The maximum absolute atomic E-state index is 11.7. The number of hydrogen-bond donors (Lipinski definition) is 1. The molecular formula is C26H21N5O3. The van der Waals surface area contributed by atoms with Crippen LogP contribution in [0.5, 0.6) is 0 Å². The van der Waals surface area contributed by atoms with E-state index in [9.17, 15) is 9.90 Å². The summed E-state index contributed by atoms with van der Waals surface area (Å²) in [5, 5.41) is 20.9. The molecule has 0 bridgehead atoms. The van der Waals surface area contributed by atoms with E-state index in [1.165, 1.54) is 0 Å². The third kappa shape index (κ3) is 3.52. The lowest BCUT2D eigenvalue weighted by Crippen LogP contribution is -2.34. The van der Waals surface area contributed by atoms with E-state index in [1.54, 1.807) is 18.2 Å². The molecule has 4 heterocycles. The lowest BCUT2D eigenvalue weighted by Gasteiger charge is -2.30. The van der Waals surface area contributed by atoms with E-state index in [2.05, 4.69) is 16.0 Å². The lowest BCUT2D eigenvalue weighted by molar-refractivity contribution is 0.0535. The Bertz CT molecular complexity index is 1490. The number of rotatable bonds is 4. The second kappa shape index (κ2) is 8.06. The normalized spacial score (nSPS) is 16.1. The average molecular weight is 451 g/mol. The number of carbonyl (C=O) groups excluding carboxylic acids is 1. The summed E-state index contributed by atoms with van der Waals surface area (Å²) < 4.78 is 7.00. The van der Waals surface area contributed by atoms with Gasteiger partial charge in [-0.2, -0.15) is 5.26 Å². The molecule has 168 valence electrons. The maximum Gasteiger partial charge on any atom is 0.338 e. The number of aliphatic hydroxyl groups excluding tert-OH is 1. The summed E-state index contributed by atoms with van der Waals surface area (Å²) >= 11 is 0. The molecule has 0 amide bonds. The lowest BCUT2D eigenvalue weighted by atomic mass is 10.0. The van der Waals surface area contributed by atoms with Crippen molar-refractivity contribution in [3.8, 4) is 12.0 Å². The number of nitrogens with zero attached hydrogens (tertiary/aromatic N) is 5. The first kappa shape index (κ1) is 20.5. The highest BCUT2D eigenvalue weighted by molar-refractivity contribution is 5.93. The van der Waals surface area contributed by atoms with E-state index in [0.29, 0.717) is 30.2 Å². The maximum atomic E-state index is 11.7. The Morgan fingerprint density at radius 2 is 2.09 bits per heavy atom. The number of β-amino-alcohol motifs (C(OH)–C–C–N with tert-alkyl or cyclic N) is 1. The van der Waals surface area contributed by atoms with E-state index in [-0.39, 0.29) is 12.6 Å². The minimum Gasteiger partial charge on any atom is -0.457 e. The monoisotopic (exact) mass is 451 g/mol. The Morgan fingerprint density at radius 3 is 2.97 bits per heavy atom. The van der Waals surface area contributed by atoms with Crippen LogP contribution >= 0.6 is 0 Å². The van der Waals surface area contributed by atoms with Crippen molar-refractivity contribution in [1.82, 2.24) is 19.4 Å². The van der Waals surface area contributed by atoms with Crippen molar-refractivity contribution in [2.75, 3.05) is 13.1 Å². The number of aromatic nitrogens is 3. The van der Waals surface area contributed by atoms with Crippen molar-refractivity contribution in [2.45, 2.75) is 25.7 Å². The van der Waals surface area contributed by atoms with Gasteiger partial charge in [0, 0.05) is 55.0 Å². The minimum atomic E-state index is -0.660. The molecule has 0 fully saturated rings. The Morgan fingerprint density at radius 1 is 1.18 bits per heavy atom. The molecule has 2 aliphatic rings. The number of aliphatic hydroxyl groups is 1. The molecule has 2 aliphatic heterocycles. The highest BCUT2D eigenvalue weighted by atomic mass is 16.5. The van der Waals surface area contributed by atoms with Crippen molar-refractivity contribution in [2.24, 2.45) is 0 Å². The van der Waals surface area contributed by atoms with Gasteiger partial charge in [-0.25, -0.2) is 14.8 Å². The summed E-state index contributed by atoms with van der Waals surface area (Å²) in [6.07, 6.45) is 3.90. The van der Waals surface area contributed by atoms with Gasteiger partial charge < -0.3 is 9.84 Å². The zero-order valence-corrected chi connectivity index (χ0v) is 18.3. The van der Waals surface area contributed by atoms with Gasteiger partial charge >= 0.3 is 5.97 Å². The predicted octanol–water partition coefficient (Wildman–Crippen LogP) is 3.05. The first-order chi connectivity index (χ1) is 16.6. The topological polar surface area (TPSA) is 104 Å². The number of hydrogen-bond acceptors (Lipinski definition) is 7. The highest BCUT2D eigenvalue weighted by Crippen LogP contribution is 2.27. The zero-order valence-electron chi connectivity index (χ0n) is 18.3. The first-order valence-electron chi connectivity index (χ1n) is 11.2. The largest absolute Gasteiger partial charge is 0.457 e. The third-order valence-corrected chi connectivity index (χ3v) is 6.56. The van der Waals surface area contributed by atoms with Gasteiger partial charge in [0.15, 0.2) is 0 Å². The Kier molecular flexibility index (Phi) is 4.87. The quantitative estimate of drug-likeness (QED) is 0.476. The minimum absolute atomic E-state index is 0.266. The number of ether oxygens (including phenoxy) is 1. The van der Waals surface area contributed by atoms with Crippen LogP contribution in [0.3, 0.4) is 0 Å². The van der Waals surface area contributed by atoms with E-state index in [0.717, 1.165) is 46.3 Å². The van der Waals surface area contributed by atoms with Crippen LogP contribution in [0, 0.1) is 11.3 Å². The molecule has 34 heavy (non-hydrogen) atoms. The van der Waals surface area contributed by atoms with Gasteiger partial charge in [-0.05, 0) is 42.0 Å². The van der Waals surface area contributed by atoms with Crippen LogP contribution in [0.25, 0.3) is 16.9 Å². The SMILES string of the molecule is N#Cc1ccc2c(ccn2-c2ncc3c(n2)CCN(CC(O)c2ccc4c(c2)COC4=O)C3)c1. The number of fused-ring (bicyclic) bond motifs is 3. The smallest absolute Gasteiger partial charge is 0.338 e. The molecule has 0 saturated heterocycles. The van der Waals surface area contributed by atoms with Crippen molar-refractivity contribution in [1.29, 1.82) is 5.26 Å². The Labute approximate surface area is 195 Å². The second-order valence-corrected chi connectivity index (χ2v) is 8.71. The fourth-order valence-electron chi connectivity index (χ4n) is 4.73. The molecule has 0 radical (unpaired) electrons. The van der Waals surface area contributed by atoms with Crippen LogP contribution in [-0.4, -0.2) is 43.6 Å². The van der Waals surface area contributed by atoms with Crippen LogP contribution in [0.2, 0.25) is 0 Å². The van der Waals surface area contributed by atoms with Crippen molar-refractivity contribution < 1.29 is 14.6 Å². The highest BCUT2D eigenvalue weighted by Gasteiger charge is 2.25. The number of benzene rings is 2. The summed E-state index contributed by atoms with van der Waals surface area (Å²) in [5.41, 5.74) is 5.84. The van der Waals surface area contributed by atoms with Gasteiger partial charge in [0.05, 0.1) is 34.5 Å². The molecular weight excluding hydrogens is 430 g/mol. The molecule has 2 aromatic carbocycles. The first-order valence-corrected chi connectivity index (χ1v) is 11.2. The standard InChI is InChI=1S/C26H21N5O3/c27-11-16-1-4-23-17(9-16)5-8-31(23)26-28-12-20-13-30(7-6-22(20)29-26)14-24(32)18-2-3-21-19(10-18)15-34-25(21)33/h1-5,8-10,12,24,32H,6-7,13-15H2. The van der Waals surface area contributed by atoms with Gasteiger partial charge in [-0.3, -0.25) is 9.47 Å². The fraction of sp³-hybridized carbons (Fsp3) is 0.231. The Balaban J connectivity index is 1.18. The summed E-state index contributed by atoms with van der Waals surface area (Å²) in [7, 11) is 0. The molecule has 8 nitrogen and oxygen atoms in total. The predicted molar refractivity (Wildman–Crippen MR) is 123 cm³/mol. The van der Waals surface area contributed by atoms with Crippen LogP contribution < -0.4 is 0 Å². The van der Waals surface area contributed by atoms with Crippen molar-refractivity contribution in [3.05, 3.63) is 88.4 Å². The molecule has 0 aliphatic carbocycles. The molecule has 1 unspecified atom stereocenters. The van der Waals surface area contributed by atoms with E-state index in [1.807, 2.05) is 41.2 Å². The van der Waals surface area contributed by atoms with Gasteiger partial charge in [-0.1, -0.05) is 6.07 Å². The molecule has 6 rings (SSSR count). The van der Waals surface area contributed by atoms with Crippen LogP contribution in [0.15, 0.2) is 54.9 Å². The zero-order chi connectivity index (χ0) is 23.2. The molecule has 4 aromatic rings. The molecule has 0 saturated carbocycles. The van der Waals surface area contributed by atoms with Gasteiger partial charge in [0.25, 0.3) is 0 Å².